The zero-order valence-electron chi connectivity index (χ0n) is 15.5. The first kappa shape index (κ1) is 19.2. The number of amides is 1. The summed E-state index contributed by atoms with van der Waals surface area (Å²) in [6.45, 7) is 2.41. The standard InChI is InChI=1S/C21H25FN2O3/c1-26-19-9-4-2-7-16(19)18-15-23-12-13-24(18)21(25)11-6-14-27-20-10-5-3-8-17(20)22/h2-5,7-10,18,23H,6,11-15H2,1H3. The number of halogens is 1. The van der Waals surface area contributed by atoms with Crippen molar-refractivity contribution in [1.82, 2.24) is 10.2 Å². The zero-order valence-corrected chi connectivity index (χ0v) is 15.5. The minimum atomic E-state index is -0.387. The second kappa shape index (κ2) is 9.37. The Morgan fingerprint density at radius 1 is 1.19 bits per heavy atom. The molecule has 27 heavy (non-hydrogen) atoms. The minimum absolute atomic E-state index is 0.0603. The van der Waals surface area contributed by atoms with Gasteiger partial charge in [0.25, 0.3) is 0 Å². The number of nitrogens with one attached hydrogen (secondary N) is 1. The van der Waals surface area contributed by atoms with Gasteiger partial charge in [-0.05, 0) is 24.6 Å². The summed E-state index contributed by atoms with van der Waals surface area (Å²) < 4.78 is 24.5. The number of ether oxygens (including phenoxy) is 2. The molecule has 5 nitrogen and oxygen atoms in total. The molecule has 6 heteroatoms. The first-order valence-corrected chi connectivity index (χ1v) is 9.21. The van der Waals surface area contributed by atoms with E-state index in [0.29, 0.717) is 32.5 Å². The van der Waals surface area contributed by atoms with Crippen molar-refractivity contribution in [3.8, 4) is 11.5 Å². The summed E-state index contributed by atoms with van der Waals surface area (Å²) >= 11 is 0. The second-order valence-electron chi connectivity index (χ2n) is 6.43. The van der Waals surface area contributed by atoms with Crippen LogP contribution >= 0.6 is 0 Å². The number of para-hydroxylation sites is 2. The summed E-state index contributed by atoms with van der Waals surface area (Å²) in [7, 11) is 1.64. The molecule has 3 rings (SSSR count). The Kier molecular flexibility index (Phi) is 6.65. The van der Waals surface area contributed by atoms with E-state index in [1.54, 1.807) is 25.3 Å². The van der Waals surface area contributed by atoms with Crippen LogP contribution in [-0.2, 0) is 4.79 Å². The molecule has 1 amide bonds. The van der Waals surface area contributed by atoms with E-state index in [1.165, 1.54) is 6.07 Å². The molecule has 1 unspecified atom stereocenters. The van der Waals surface area contributed by atoms with Crippen LogP contribution in [0.4, 0.5) is 4.39 Å². The Balaban J connectivity index is 1.58. The van der Waals surface area contributed by atoms with Gasteiger partial charge >= 0.3 is 0 Å². The van der Waals surface area contributed by atoms with E-state index in [0.717, 1.165) is 17.9 Å². The van der Waals surface area contributed by atoms with Crippen molar-refractivity contribution in [3.05, 3.63) is 59.9 Å². The fraction of sp³-hybridized carbons (Fsp3) is 0.381. The molecule has 1 atom stereocenters. The largest absolute Gasteiger partial charge is 0.496 e. The lowest BCUT2D eigenvalue weighted by molar-refractivity contribution is -0.134. The Morgan fingerprint density at radius 2 is 1.93 bits per heavy atom. The SMILES string of the molecule is COc1ccccc1C1CNCCN1C(=O)CCCOc1ccccc1F. The number of carbonyl (C=O) groups excluding carboxylic acids is 1. The quantitative estimate of drug-likeness (QED) is 0.759. The van der Waals surface area contributed by atoms with Crippen LogP contribution in [0.2, 0.25) is 0 Å². The Morgan fingerprint density at radius 3 is 2.70 bits per heavy atom. The van der Waals surface area contributed by atoms with Crippen LogP contribution in [0.1, 0.15) is 24.4 Å². The predicted molar refractivity (Wildman–Crippen MR) is 101 cm³/mol. The smallest absolute Gasteiger partial charge is 0.223 e. The highest BCUT2D eigenvalue weighted by Crippen LogP contribution is 2.30. The summed E-state index contributed by atoms with van der Waals surface area (Å²) in [6, 6.07) is 14.0. The number of carbonyl (C=O) groups is 1. The van der Waals surface area contributed by atoms with Crippen molar-refractivity contribution in [1.29, 1.82) is 0 Å². The molecule has 0 aromatic heterocycles. The van der Waals surface area contributed by atoms with Gasteiger partial charge in [-0.25, -0.2) is 4.39 Å². The molecular formula is C21H25FN2O3. The van der Waals surface area contributed by atoms with Crippen LogP contribution in [0.3, 0.4) is 0 Å². The molecule has 1 aliphatic rings. The van der Waals surface area contributed by atoms with Crippen LogP contribution in [0, 0.1) is 5.82 Å². The maximum Gasteiger partial charge on any atom is 0.223 e. The normalized spacial score (nSPS) is 16.8. The van der Waals surface area contributed by atoms with Crippen molar-refractivity contribution >= 4 is 5.91 Å². The topological polar surface area (TPSA) is 50.8 Å². The molecule has 0 aliphatic carbocycles. The van der Waals surface area contributed by atoms with Crippen LogP contribution in [-0.4, -0.2) is 44.2 Å². The van der Waals surface area contributed by atoms with Gasteiger partial charge in [-0.1, -0.05) is 30.3 Å². The van der Waals surface area contributed by atoms with E-state index in [4.69, 9.17) is 9.47 Å². The van der Waals surface area contributed by atoms with Gasteiger partial charge in [0.05, 0.1) is 19.8 Å². The molecule has 1 fully saturated rings. The second-order valence-corrected chi connectivity index (χ2v) is 6.43. The monoisotopic (exact) mass is 372 g/mol. The average molecular weight is 372 g/mol. The highest BCUT2D eigenvalue weighted by Gasteiger charge is 2.29. The van der Waals surface area contributed by atoms with Gasteiger partial charge in [-0.2, -0.15) is 0 Å². The van der Waals surface area contributed by atoms with Crippen molar-refractivity contribution in [2.45, 2.75) is 18.9 Å². The maximum absolute atomic E-state index is 13.6. The molecule has 2 aromatic carbocycles. The van der Waals surface area contributed by atoms with E-state index in [1.807, 2.05) is 29.2 Å². The lowest BCUT2D eigenvalue weighted by Crippen LogP contribution is -2.48. The first-order valence-electron chi connectivity index (χ1n) is 9.21. The van der Waals surface area contributed by atoms with Crippen molar-refractivity contribution in [2.75, 3.05) is 33.4 Å². The van der Waals surface area contributed by atoms with Crippen LogP contribution < -0.4 is 14.8 Å². The number of piperazine rings is 1. The fourth-order valence-corrected chi connectivity index (χ4v) is 3.33. The van der Waals surface area contributed by atoms with Crippen molar-refractivity contribution < 1.29 is 18.7 Å². The van der Waals surface area contributed by atoms with Crippen LogP contribution in [0.15, 0.2) is 48.5 Å². The van der Waals surface area contributed by atoms with Gasteiger partial charge in [0, 0.05) is 31.6 Å². The van der Waals surface area contributed by atoms with Crippen LogP contribution in [0.5, 0.6) is 11.5 Å². The lowest BCUT2D eigenvalue weighted by Gasteiger charge is -2.37. The zero-order chi connectivity index (χ0) is 19.1. The number of nitrogens with zero attached hydrogens (tertiary/aromatic N) is 1. The number of hydrogen-bond acceptors (Lipinski definition) is 4. The highest BCUT2D eigenvalue weighted by atomic mass is 19.1. The molecular weight excluding hydrogens is 347 g/mol. The van der Waals surface area contributed by atoms with Gasteiger partial charge < -0.3 is 19.7 Å². The molecule has 0 spiro atoms. The number of rotatable bonds is 7. The predicted octanol–water partition coefficient (Wildman–Crippen LogP) is 3.17. The van der Waals surface area contributed by atoms with E-state index < -0.39 is 0 Å². The van der Waals surface area contributed by atoms with Gasteiger partial charge in [0.15, 0.2) is 11.6 Å². The van der Waals surface area contributed by atoms with Gasteiger partial charge in [0.1, 0.15) is 5.75 Å². The van der Waals surface area contributed by atoms with Gasteiger partial charge in [0.2, 0.25) is 5.91 Å². The molecule has 144 valence electrons. The molecule has 0 radical (unpaired) electrons. The third-order valence-corrected chi connectivity index (χ3v) is 4.69. The van der Waals surface area contributed by atoms with Gasteiger partial charge in [-0.3, -0.25) is 4.79 Å². The first-order chi connectivity index (χ1) is 13.2. The van der Waals surface area contributed by atoms with E-state index in [9.17, 15) is 9.18 Å². The van der Waals surface area contributed by atoms with E-state index in [2.05, 4.69) is 5.32 Å². The molecule has 1 aliphatic heterocycles. The Bertz CT molecular complexity index is 769. The fourth-order valence-electron chi connectivity index (χ4n) is 3.33. The minimum Gasteiger partial charge on any atom is -0.496 e. The molecule has 1 saturated heterocycles. The molecule has 0 saturated carbocycles. The Labute approximate surface area is 159 Å². The number of benzene rings is 2. The summed E-state index contributed by atoms with van der Waals surface area (Å²) in [5.74, 6) is 0.692. The van der Waals surface area contributed by atoms with Crippen molar-refractivity contribution in [2.24, 2.45) is 0 Å². The van der Waals surface area contributed by atoms with E-state index in [-0.39, 0.29) is 23.5 Å². The molecule has 2 aromatic rings. The number of methoxy groups -OCH3 is 1. The molecule has 1 N–H and O–H groups in total. The maximum atomic E-state index is 13.6. The van der Waals surface area contributed by atoms with E-state index >= 15 is 0 Å². The molecule has 0 bridgehead atoms. The summed E-state index contributed by atoms with van der Waals surface area (Å²) in [4.78, 5) is 14.7. The third kappa shape index (κ3) is 4.77. The Hall–Kier alpha value is -2.60. The van der Waals surface area contributed by atoms with Crippen molar-refractivity contribution in [3.63, 3.8) is 0 Å². The molecule has 1 heterocycles. The average Bonchev–Trinajstić information content (AvgIpc) is 2.72. The third-order valence-electron chi connectivity index (χ3n) is 4.69. The highest BCUT2D eigenvalue weighted by molar-refractivity contribution is 5.77. The lowest BCUT2D eigenvalue weighted by atomic mass is 10.0. The van der Waals surface area contributed by atoms with Gasteiger partial charge in [-0.15, -0.1) is 0 Å². The summed E-state index contributed by atoms with van der Waals surface area (Å²) in [5.41, 5.74) is 1.00. The summed E-state index contributed by atoms with van der Waals surface area (Å²) in [5, 5.41) is 3.35. The number of hydrogen-bond donors (Lipinski definition) is 1. The summed E-state index contributed by atoms with van der Waals surface area (Å²) in [6.07, 6.45) is 0.899. The van der Waals surface area contributed by atoms with Crippen LogP contribution in [0.25, 0.3) is 0 Å².